The Hall–Kier alpha value is -2.75. The van der Waals surface area contributed by atoms with E-state index in [9.17, 15) is 18.0 Å². The highest BCUT2D eigenvalue weighted by molar-refractivity contribution is 7.89. The zero-order chi connectivity index (χ0) is 22.7. The molecule has 0 unspecified atom stereocenters. The molecule has 2 saturated heterocycles. The van der Waals surface area contributed by atoms with Gasteiger partial charge >= 0.3 is 0 Å². The Labute approximate surface area is 188 Å². The molecule has 0 bridgehead atoms. The molecule has 9 heteroatoms. The second kappa shape index (κ2) is 9.40. The smallest absolute Gasteiger partial charge is 0.255 e. The van der Waals surface area contributed by atoms with Crippen molar-refractivity contribution in [3.63, 3.8) is 0 Å². The van der Waals surface area contributed by atoms with Crippen LogP contribution in [0.25, 0.3) is 0 Å². The van der Waals surface area contributed by atoms with E-state index in [1.807, 2.05) is 4.90 Å². The summed E-state index contributed by atoms with van der Waals surface area (Å²) in [4.78, 5) is 27.5. The number of hydrogen-bond donors (Lipinski definition) is 1. The summed E-state index contributed by atoms with van der Waals surface area (Å²) in [7, 11) is -3.71. The van der Waals surface area contributed by atoms with E-state index in [0.29, 0.717) is 30.0 Å². The Bertz CT molecular complexity index is 1120. The highest BCUT2D eigenvalue weighted by Gasteiger charge is 2.27. The molecular weight excluding hydrogens is 430 g/mol. The van der Waals surface area contributed by atoms with Crippen LogP contribution in [0.3, 0.4) is 0 Å². The number of benzene rings is 2. The molecular formula is C23H27N3O5S. The fourth-order valence-electron chi connectivity index (χ4n) is 3.97. The van der Waals surface area contributed by atoms with E-state index in [4.69, 9.17) is 4.74 Å². The van der Waals surface area contributed by atoms with Gasteiger partial charge in [0, 0.05) is 43.0 Å². The number of amides is 2. The average Bonchev–Trinajstić information content (AvgIpc) is 3.34. The number of likely N-dealkylation sites (tertiary alicyclic amines) is 1. The first-order valence-corrected chi connectivity index (χ1v) is 12.2. The quantitative estimate of drug-likeness (QED) is 0.744. The second-order valence-electron chi connectivity index (χ2n) is 8.03. The highest BCUT2D eigenvalue weighted by Crippen LogP contribution is 2.22. The van der Waals surface area contributed by atoms with Crippen LogP contribution in [-0.4, -0.2) is 68.8 Å². The molecule has 0 spiro atoms. The Morgan fingerprint density at radius 1 is 0.969 bits per heavy atom. The van der Waals surface area contributed by atoms with Gasteiger partial charge in [0.2, 0.25) is 10.0 Å². The molecule has 2 aliphatic heterocycles. The van der Waals surface area contributed by atoms with E-state index < -0.39 is 15.9 Å². The predicted octanol–water partition coefficient (Wildman–Crippen LogP) is 2.50. The van der Waals surface area contributed by atoms with E-state index in [-0.39, 0.29) is 29.5 Å². The van der Waals surface area contributed by atoms with Crippen molar-refractivity contribution >= 4 is 27.5 Å². The van der Waals surface area contributed by atoms with Crippen LogP contribution < -0.4 is 5.32 Å². The number of ether oxygens (including phenoxy) is 1. The largest absolute Gasteiger partial charge is 0.379 e. The van der Waals surface area contributed by atoms with E-state index >= 15 is 0 Å². The van der Waals surface area contributed by atoms with Crippen LogP contribution in [0.15, 0.2) is 47.4 Å². The van der Waals surface area contributed by atoms with E-state index in [1.54, 1.807) is 37.3 Å². The van der Waals surface area contributed by atoms with Gasteiger partial charge in [0.15, 0.2) is 0 Å². The monoisotopic (exact) mass is 457 g/mol. The molecule has 0 aromatic heterocycles. The number of aryl methyl sites for hydroxylation is 1. The summed E-state index contributed by atoms with van der Waals surface area (Å²) in [6.45, 7) is 4.53. The fourth-order valence-corrected chi connectivity index (χ4v) is 5.41. The van der Waals surface area contributed by atoms with Crippen LogP contribution in [0.4, 0.5) is 5.69 Å². The van der Waals surface area contributed by atoms with Crippen LogP contribution in [0.5, 0.6) is 0 Å². The maximum absolute atomic E-state index is 13.0. The first-order chi connectivity index (χ1) is 15.4. The number of sulfonamides is 1. The van der Waals surface area contributed by atoms with Gasteiger partial charge in [0.1, 0.15) is 0 Å². The minimum absolute atomic E-state index is 0.0478. The SMILES string of the molecule is Cc1ccc(S(=O)(=O)N2CCOCC2)cc1C(=O)Nc1cccc(C(=O)N2CCCC2)c1. The minimum Gasteiger partial charge on any atom is -0.379 e. The highest BCUT2D eigenvalue weighted by atomic mass is 32.2. The van der Waals surface area contributed by atoms with Crippen LogP contribution >= 0.6 is 0 Å². The van der Waals surface area contributed by atoms with Gasteiger partial charge in [-0.2, -0.15) is 4.31 Å². The third kappa shape index (κ3) is 4.69. The van der Waals surface area contributed by atoms with Crippen LogP contribution in [0.1, 0.15) is 39.1 Å². The van der Waals surface area contributed by atoms with E-state index in [2.05, 4.69) is 5.32 Å². The number of nitrogens with zero attached hydrogens (tertiary/aromatic N) is 2. The molecule has 4 rings (SSSR count). The lowest BCUT2D eigenvalue weighted by atomic mass is 10.1. The molecule has 2 fully saturated rings. The average molecular weight is 458 g/mol. The molecule has 2 amide bonds. The minimum atomic E-state index is -3.71. The third-order valence-corrected chi connectivity index (χ3v) is 7.72. The standard InChI is InChI=1S/C23H27N3O5S/c1-17-7-8-20(32(29,30)26-11-13-31-14-12-26)16-21(17)22(27)24-19-6-4-5-18(15-19)23(28)25-9-2-3-10-25/h4-8,15-16H,2-3,9-14H2,1H3,(H,24,27). The fraction of sp³-hybridized carbons (Fsp3) is 0.391. The first kappa shape index (κ1) is 22.4. The number of hydrogen-bond acceptors (Lipinski definition) is 5. The zero-order valence-corrected chi connectivity index (χ0v) is 18.9. The van der Waals surface area contributed by atoms with Crippen molar-refractivity contribution in [3.8, 4) is 0 Å². The molecule has 170 valence electrons. The third-order valence-electron chi connectivity index (χ3n) is 5.82. The Balaban J connectivity index is 1.54. The number of carbonyl (C=O) groups excluding carboxylic acids is 2. The van der Waals surface area contributed by atoms with Crippen LogP contribution in [0.2, 0.25) is 0 Å². The number of nitrogens with one attached hydrogen (secondary N) is 1. The molecule has 1 N–H and O–H groups in total. The molecule has 2 aromatic carbocycles. The molecule has 8 nitrogen and oxygen atoms in total. The molecule has 0 aliphatic carbocycles. The molecule has 2 aliphatic rings. The van der Waals surface area contributed by atoms with Crippen LogP contribution in [0, 0.1) is 6.92 Å². The molecule has 32 heavy (non-hydrogen) atoms. The maximum atomic E-state index is 13.0. The van der Waals surface area contributed by atoms with Crippen molar-refractivity contribution in [1.29, 1.82) is 0 Å². The molecule has 0 atom stereocenters. The van der Waals surface area contributed by atoms with Crippen molar-refractivity contribution in [2.45, 2.75) is 24.7 Å². The number of morpholine rings is 1. The molecule has 0 saturated carbocycles. The topological polar surface area (TPSA) is 96.0 Å². The summed E-state index contributed by atoms with van der Waals surface area (Å²) in [5, 5.41) is 2.81. The molecule has 2 heterocycles. The van der Waals surface area contributed by atoms with Gasteiger partial charge in [0.25, 0.3) is 11.8 Å². The molecule has 2 aromatic rings. The van der Waals surface area contributed by atoms with Crippen molar-refractivity contribution in [2.75, 3.05) is 44.7 Å². The van der Waals surface area contributed by atoms with Gasteiger partial charge in [0.05, 0.1) is 18.1 Å². The maximum Gasteiger partial charge on any atom is 0.255 e. The van der Waals surface area contributed by atoms with Gasteiger partial charge in [-0.25, -0.2) is 8.42 Å². The Morgan fingerprint density at radius 3 is 2.41 bits per heavy atom. The number of anilines is 1. The van der Waals surface area contributed by atoms with Crippen molar-refractivity contribution in [1.82, 2.24) is 9.21 Å². The lowest BCUT2D eigenvalue weighted by molar-refractivity contribution is 0.0730. The van der Waals surface area contributed by atoms with Gasteiger partial charge < -0.3 is 15.0 Å². The normalized spacial score (nSPS) is 17.3. The summed E-state index contributed by atoms with van der Waals surface area (Å²) < 4.78 is 32.6. The van der Waals surface area contributed by atoms with Crippen molar-refractivity contribution in [2.24, 2.45) is 0 Å². The second-order valence-corrected chi connectivity index (χ2v) is 9.97. The Morgan fingerprint density at radius 2 is 1.69 bits per heavy atom. The lowest BCUT2D eigenvalue weighted by Crippen LogP contribution is -2.40. The van der Waals surface area contributed by atoms with Crippen molar-refractivity contribution in [3.05, 3.63) is 59.2 Å². The predicted molar refractivity (Wildman–Crippen MR) is 120 cm³/mol. The lowest BCUT2D eigenvalue weighted by Gasteiger charge is -2.26. The summed E-state index contributed by atoms with van der Waals surface area (Å²) in [5.41, 5.74) is 1.94. The van der Waals surface area contributed by atoms with Gasteiger partial charge in [-0.3, -0.25) is 9.59 Å². The Kier molecular flexibility index (Phi) is 6.59. The number of rotatable bonds is 5. The van der Waals surface area contributed by atoms with Gasteiger partial charge in [-0.1, -0.05) is 12.1 Å². The molecule has 0 radical (unpaired) electrons. The summed E-state index contributed by atoms with van der Waals surface area (Å²) in [6, 6.07) is 11.4. The van der Waals surface area contributed by atoms with Crippen LogP contribution in [-0.2, 0) is 14.8 Å². The van der Waals surface area contributed by atoms with E-state index in [0.717, 1.165) is 25.9 Å². The summed E-state index contributed by atoms with van der Waals surface area (Å²) in [5.74, 6) is -0.472. The van der Waals surface area contributed by atoms with Gasteiger partial charge in [-0.15, -0.1) is 0 Å². The summed E-state index contributed by atoms with van der Waals surface area (Å²) in [6.07, 6.45) is 2.01. The number of carbonyl (C=O) groups is 2. The first-order valence-electron chi connectivity index (χ1n) is 10.8. The van der Waals surface area contributed by atoms with Crippen molar-refractivity contribution < 1.29 is 22.7 Å². The zero-order valence-electron chi connectivity index (χ0n) is 18.0. The van der Waals surface area contributed by atoms with Gasteiger partial charge in [-0.05, 0) is 55.7 Å². The summed E-state index contributed by atoms with van der Waals surface area (Å²) >= 11 is 0. The van der Waals surface area contributed by atoms with E-state index in [1.165, 1.54) is 16.4 Å².